The minimum Gasteiger partial charge on any atom is -0.496 e. The zero-order valence-electron chi connectivity index (χ0n) is 12.6. The minimum atomic E-state index is -0.136. The number of carbonyl (C=O) groups is 2. The van der Waals surface area contributed by atoms with E-state index in [0.717, 1.165) is 0 Å². The second-order valence-electron chi connectivity index (χ2n) is 5.23. The summed E-state index contributed by atoms with van der Waals surface area (Å²) in [6, 6.07) is 3.23. The normalized spacial score (nSPS) is 18.5. The number of nitrogens with one attached hydrogen (secondary N) is 1. The number of rotatable bonds is 3. The van der Waals surface area contributed by atoms with E-state index < -0.39 is 0 Å². The van der Waals surface area contributed by atoms with Gasteiger partial charge in [0.1, 0.15) is 11.5 Å². The molecule has 0 unspecified atom stereocenters. The Hall–Kier alpha value is -2.24. The van der Waals surface area contributed by atoms with Gasteiger partial charge in [-0.1, -0.05) is 0 Å². The van der Waals surface area contributed by atoms with E-state index in [-0.39, 0.29) is 17.7 Å². The van der Waals surface area contributed by atoms with E-state index in [1.165, 1.54) is 7.11 Å². The van der Waals surface area contributed by atoms with Crippen molar-refractivity contribution in [3.63, 3.8) is 0 Å². The van der Waals surface area contributed by atoms with Gasteiger partial charge in [-0.15, -0.1) is 0 Å². The lowest BCUT2D eigenvalue weighted by atomic mass is 10.0. The van der Waals surface area contributed by atoms with E-state index in [9.17, 15) is 9.59 Å². The lowest BCUT2D eigenvalue weighted by Crippen LogP contribution is -2.44. The lowest BCUT2D eigenvalue weighted by Gasteiger charge is -2.33. The summed E-state index contributed by atoms with van der Waals surface area (Å²) < 4.78 is 5.27. The number of hydrogen-bond acceptors (Lipinski definition) is 5. The SMILES string of the molecule is CNc1cc(C(=O)N2CCC(=O)C[C@H]2C)c(OC)cc1N. The maximum Gasteiger partial charge on any atom is 0.257 e. The van der Waals surface area contributed by atoms with E-state index >= 15 is 0 Å². The first-order chi connectivity index (χ1) is 9.97. The molecule has 114 valence electrons. The number of nitrogens with zero attached hydrogens (tertiary/aromatic N) is 1. The molecule has 21 heavy (non-hydrogen) atoms. The summed E-state index contributed by atoms with van der Waals surface area (Å²) in [5.74, 6) is 0.510. The second kappa shape index (κ2) is 6.03. The highest BCUT2D eigenvalue weighted by Crippen LogP contribution is 2.31. The molecular weight excluding hydrogens is 270 g/mol. The molecule has 6 heteroatoms. The summed E-state index contributed by atoms with van der Waals surface area (Å²) in [5, 5.41) is 2.96. The number of Topliss-reactive ketones (excluding diaryl/α,β-unsaturated/α-hetero) is 1. The molecule has 2 rings (SSSR count). The first-order valence-corrected chi connectivity index (χ1v) is 6.95. The van der Waals surface area contributed by atoms with Crippen LogP contribution in [0.15, 0.2) is 12.1 Å². The Bertz CT molecular complexity index is 572. The first-order valence-electron chi connectivity index (χ1n) is 6.95. The maximum absolute atomic E-state index is 12.7. The van der Waals surface area contributed by atoms with Crippen LogP contribution < -0.4 is 15.8 Å². The zero-order valence-corrected chi connectivity index (χ0v) is 12.6. The third kappa shape index (κ3) is 2.94. The molecule has 0 bridgehead atoms. The van der Waals surface area contributed by atoms with Crippen molar-refractivity contribution < 1.29 is 14.3 Å². The van der Waals surface area contributed by atoms with Gasteiger partial charge in [0, 0.05) is 38.5 Å². The minimum absolute atomic E-state index is 0.0981. The highest BCUT2D eigenvalue weighted by atomic mass is 16.5. The molecule has 0 aromatic heterocycles. The fourth-order valence-electron chi connectivity index (χ4n) is 2.61. The van der Waals surface area contributed by atoms with Crippen LogP contribution in [0.3, 0.4) is 0 Å². The van der Waals surface area contributed by atoms with Crippen molar-refractivity contribution >= 4 is 23.1 Å². The molecule has 1 amide bonds. The van der Waals surface area contributed by atoms with E-state index in [4.69, 9.17) is 10.5 Å². The predicted octanol–water partition coefficient (Wildman–Crippen LogP) is 1.51. The molecule has 3 N–H and O–H groups in total. The van der Waals surface area contributed by atoms with Crippen molar-refractivity contribution in [1.82, 2.24) is 4.90 Å². The van der Waals surface area contributed by atoms with Gasteiger partial charge in [0.2, 0.25) is 0 Å². The average molecular weight is 291 g/mol. The van der Waals surface area contributed by atoms with Crippen LogP contribution in [0, 0.1) is 0 Å². The third-order valence-corrected chi connectivity index (χ3v) is 3.82. The Morgan fingerprint density at radius 3 is 2.76 bits per heavy atom. The number of nitrogens with two attached hydrogens (primary N) is 1. The smallest absolute Gasteiger partial charge is 0.257 e. The topological polar surface area (TPSA) is 84.7 Å². The van der Waals surface area contributed by atoms with Gasteiger partial charge in [-0.2, -0.15) is 0 Å². The van der Waals surface area contributed by atoms with Crippen LogP contribution in [0.5, 0.6) is 5.75 Å². The summed E-state index contributed by atoms with van der Waals surface area (Å²) in [7, 11) is 3.25. The number of amides is 1. The van der Waals surface area contributed by atoms with Crippen LogP contribution >= 0.6 is 0 Å². The molecule has 1 heterocycles. The first kappa shape index (κ1) is 15.2. The van der Waals surface area contributed by atoms with Crippen molar-refractivity contribution in [1.29, 1.82) is 0 Å². The molecule has 1 fully saturated rings. The number of nitrogen functional groups attached to an aromatic ring is 1. The van der Waals surface area contributed by atoms with Gasteiger partial charge >= 0.3 is 0 Å². The van der Waals surface area contributed by atoms with Crippen LogP contribution in [0.25, 0.3) is 0 Å². The fourth-order valence-corrected chi connectivity index (χ4v) is 2.61. The monoisotopic (exact) mass is 291 g/mol. The molecule has 1 aliphatic rings. The predicted molar refractivity (Wildman–Crippen MR) is 81.7 cm³/mol. The van der Waals surface area contributed by atoms with Crippen molar-refractivity contribution in [3.8, 4) is 5.75 Å². The summed E-state index contributed by atoms with van der Waals surface area (Å²) in [6.07, 6.45) is 0.814. The van der Waals surface area contributed by atoms with Gasteiger partial charge in [0.15, 0.2) is 0 Å². The second-order valence-corrected chi connectivity index (χ2v) is 5.23. The highest BCUT2D eigenvalue weighted by molar-refractivity contribution is 6.00. The van der Waals surface area contributed by atoms with Crippen molar-refractivity contribution in [3.05, 3.63) is 17.7 Å². The molecule has 0 saturated carbocycles. The van der Waals surface area contributed by atoms with Gasteiger partial charge < -0.3 is 20.7 Å². The van der Waals surface area contributed by atoms with Crippen LogP contribution in [0.4, 0.5) is 11.4 Å². The van der Waals surface area contributed by atoms with Crippen LogP contribution in [0.2, 0.25) is 0 Å². The number of hydrogen-bond donors (Lipinski definition) is 2. The molecule has 0 radical (unpaired) electrons. The summed E-state index contributed by atoms with van der Waals surface area (Å²) in [6.45, 7) is 2.33. The largest absolute Gasteiger partial charge is 0.496 e. The Kier molecular flexibility index (Phi) is 4.35. The van der Waals surface area contributed by atoms with E-state index in [2.05, 4.69) is 5.32 Å². The Labute approximate surface area is 124 Å². The van der Waals surface area contributed by atoms with Gasteiger partial charge in [0.25, 0.3) is 5.91 Å². The van der Waals surface area contributed by atoms with Gasteiger partial charge in [0.05, 0.1) is 24.0 Å². The van der Waals surface area contributed by atoms with Gasteiger partial charge in [-0.25, -0.2) is 0 Å². The molecule has 1 aliphatic heterocycles. The number of methoxy groups -OCH3 is 1. The number of ether oxygens (including phenoxy) is 1. The van der Waals surface area contributed by atoms with Crippen molar-refractivity contribution in [2.24, 2.45) is 0 Å². The third-order valence-electron chi connectivity index (χ3n) is 3.82. The molecule has 1 aromatic carbocycles. The number of ketones is 1. The van der Waals surface area contributed by atoms with E-state index in [1.807, 2.05) is 6.92 Å². The lowest BCUT2D eigenvalue weighted by molar-refractivity contribution is -0.122. The molecule has 6 nitrogen and oxygen atoms in total. The van der Waals surface area contributed by atoms with Gasteiger partial charge in [-0.3, -0.25) is 9.59 Å². The number of carbonyl (C=O) groups excluding carboxylic acids is 2. The summed E-state index contributed by atoms with van der Waals surface area (Å²) in [5.41, 5.74) is 7.55. The number of anilines is 2. The molecule has 1 atom stereocenters. The number of benzene rings is 1. The Balaban J connectivity index is 2.36. The standard InChI is InChI=1S/C15H21N3O3/c1-9-6-10(19)4-5-18(9)15(20)11-7-13(17-2)12(16)8-14(11)21-3/h7-9,17H,4-6,16H2,1-3H3/t9-/m1/s1. The fraction of sp³-hybridized carbons (Fsp3) is 0.467. The molecule has 1 aromatic rings. The Morgan fingerprint density at radius 2 is 2.19 bits per heavy atom. The van der Waals surface area contributed by atoms with Crippen molar-refractivity contribution in [2.45, 2.75) is 25.8 Å². The van der Waals surface area contributed by atoms with Crippen LogP contribution in [0.1, 0.15) is 30.1 Å². The zero-order chi connectivity index (χ0) is 15.6. The Morgan fingerprint density at radius 1 is 1.48 bits per heavy atom. The summed E-state index contributed by atoms with van der Waals surface area (Å²) >= 11 is 0. The quantitative estimate of drug-likeness (QED) is 0.825. The molecule has 0 aliphatic carbocycles. The molecule has 1 saturated heterocycles. The van der Waals surface area contributed by atoms with Crippen molar-refractivity contribution in [2.75, 3.05) is 31.8 Å². The molecular formula is C15H21N3O3. The molecule has 0 spiro atoms. The number of piperidine rings is 1. The average Bonchev–Trinajstić information content (AvgIpc) is 2.46. The highest BCUT2D eigenvalue weighted by Gasteiger charge is 2.30. The maximum atomic E-state index is 12.7. The van der Waals surface area contributed by atoms with Gasteiger partial charge in [-0.05, 0) is 13.0 Å². The van der Waals surface area contributed by atoms with E-state index in [0.29, 0.717) is 42.1 Å². The van der Waals surface area contributed by atoms with Crippen LogP contribution in [-0.2, 0) is 4.79 Å². The van der Waals surface area contributed by atoms with Crippen LogP contribution in [-0.4, -0.2) is 43.3 Å². The summed E-state index contributed by atoms with van der Waals surface area (Å²) in [4.78, 5) is 25.9. The van der Waals surface area contributed by atoms with E-state index in [1.54, 1.807) is 24.1 Å². The number of likely N-dealkylation sites (tertiary alicyclic amines) is 1.